The van der Waals surface area contributed by atoms with Crippen molar-refractivity contribution < 1.29 is 13.6 Å². The van der Waals surface area contributed by atoms with Gasteiger partial charge in [0.1, 0.15) is 11.5 Å². The molecule has 0 radical (unpaired) electrons. The Labute approximate surface area is 107 Å². The third-order valence-corrected chi connectivity index (χ3v) is 2.70. The third-order valence-electron chi connectivity index (χ3n) is 1.77. The summed E-state index contributed by atoms with van der Waals surface area (Å²) in [5.41, 5.74) is 5.48. The smallest absolute Gasteiger partial charge is 0.405 e. The first-order valence-corrected chi connectivity index (χ1v) is 6.80. The highest BCUT2D eigenvalue weighted by Gasteiger charge is 2.22. The molecule has 0 fully saturated rings. The first-order chi connectivity index (χ1) is 8.57. The lowest BCUT2D eigenvalue weighted by Gasteiger charge is -2.15. The second-order valence-electron chi connectivity index (χ2n) is 3.25. The molecule has 0 aliphatic rings. The van der Waals surface area contributed by atoms with Gasteiger partial charge in [0.05, 0.1) is 0 Å². The lowest BCUT2D eigenvalue weighted by Crippen LogP contribution is -2.05. The van der Waals surface area contributed by atoms with Crippen LogP contribution in [0.15, 0.2) is 54.3 Å². The highest BCUT2D eigenvalue weighted by molar-refractivity contribution is 7.51. The van der Waals surface area contributed by atoms with Crippen molar-refractivity contribution in [1.29, 1.82) is 0 Å². The van der Waals surface area contributed by atoms with Gasteiger partial charge in [0, 0.05) is 6.08 Å². The molecule has 1 atom stereocenters. The van der Waals surface area contributed by atoms with Gasteiger partial charge in [0.2, 0.25) is 0 Å². The van der Waals surface area contributed by atoms with E-state index in [-0.39, 0.29) is 5.76 Å². The van der Waals surface area contributed by atoms with Crippen LogP contribution in [0.5, 0.6) is 5.75 Å². The van der Waals surface area contributed by atoms with E-state index in [0.717, 1.165) is 0 Å². The minimum absolute atomic E-state index is 0.210. The van der Waals surface area contributed by atoms with Gasteiger partial charge in [-0.3, -0.25) is 0 Å². The van der Waals surface area contributed by atoms with Crippen molar-refractivity contribution in [3.8, 4) is 18.1 Å². The molecule has 1 aromatic rings. The van der Waals surface area contributed by atoms with Crippen molar-refractivity contribution in [1.82, 2.24) is 0 Å². The van der Waals surface area contributed by atoms with Gasteiger partial charge in [-0.2, -0.15) is 0 Å². The summed E-state index contributed by atoms with van der Waals surface area (Å²) in [6.07, 6.45) is 9.67. The molecule has 1 rings (SSSR count). The number of para-hydroxylation sites is 1. The molecule has 94 valence electrons. The normalized spacial score (nSPS) is 14.8. The summed E-state index contributed by atoms with van der Waals surface area (Å²) in [7, 11) is -3.75. The maximum absolute atomic E-state index is 11.9. The lowest BCUT2D eigenvalue weighted by atomic mass is 10.3. The largest absolute Gasteiger partial charge is 0.510 e. The summed E-state index contributed by atoms with van der Waals surface area (Å²) in [4.78, 5) is 0. The van der Waals surface area contributed by atoms with E-state index in [1.165, 1.54) is 6.08 Å². The van der Waals surface area contributed by atoms with Gasteiger partial charge in [-0.25, -0.2) is 10.1 Å². The summed E-state index contributed by atoms with van der Waals surface area (Å²) in [5, 5.41) is 0. The van der Waals surface area contributed by atoms with Crippen molar-refractivity contribution in [3.05, 3.63) is 54.3 Å². The Morgan fingerprint density at radius 3 is 2.67 bits per heavy atom. The van der Waals surface area contributed by atoms with Gasteiger partial charge in [-0.05, 0) is 25.1 Å². The fourth-order valence-electron chi connectivity index (χ4n) is 1.15. The van der Waals surface area contributed by atoms with Crippen molar-refractivity contribution in [2.45, 2.75) is 6.92 Å². The van der Waals surface area contributed by atoms with Crippen LogP contribution < -0.4 is 10.0 Å². The highest BCUT2D eigenvalue weighted by Crippen LogP contribution is 2.42. The molecule has 0 heterocycles. The predicted molar refractivity (Wildman–Crippen MR) is 71.7 cm³/mol. The van der Waals surface area contributed by atoms with Crippen LogP contribution in [0.1, 0.15) is 6.92 Å². The van der Waals surface area contributed by atoms with Gasteiger partial charge in [-0.15, -0.1) is 6.42 Å². The van der Waals surface area contributed by atoms with Crippen LogP contribution in [0.4, 0.5) is 0 Å². The molecule has 0 saturated carbocycles. The Morgan fingerprint density at radius 1 is 1.44 bits per heavy atom. The monoisotopic (exact) mass is 263 g/mol. The predicted octanol–water partition coefficient (Wildman–Crippen LogP) is 3.24. The van der Waals surface area contributed by atoms with Crippen LogP contribution in [0, 0.1) is 12.3 Å². The van der Waals surface area contributed by atoms with Crippen LogP contribution >= 0.6 is 7.75 Å². The molecule has 1 unspecified atom stereocenters. The quantitative estimate of drug-likeness (QED) is 0.383. The molecule has 1 aromatic carbocycles. The molecule has 5 heteroatoms. The fraction of sp³-hybridized carbons (Fsp3) is 0.0769. The zero-order valence-corrected chi connectivity index (χ0v) is 10.8. The molecule has 0 bridgehead atoms. The summed E-state index contributed by atoms with van der Waals surface area (Å²) < 4.78 is 22.1. The fourth-order valence-corrected chi connectivity index (χ4v) is 2.01. The second-order valence-corrected chi connectivity index (χ2v) is 4.69. The maximum atomic E-state index is 11.9. The number of rotatable bonds is 5. The van der Waals surface area contributed by atoms with Crippen molar-refractivity contribution in [2.24, 2.45) is 5.50 Å². The van der Waals surface area contributed by atoms with Gasteiger partial charge in [0.15, 0.2) is 0 Å². The van der Waals surface area contributed by atoms with E-state index in [1.807, 2.05) is 0 Å². The summed E-state index contributed by atoms with van der Waals surface area (Å²) in [5.74, 6) is 2.84. The molecule has 0 amide bonds. The van der Waals surface area contributed by atoms with E-state index in [0.29, 0.717) is 5.75 Å². The topological polar surface area (TPSA) is 61.5 Å². The first kappa shape index (κ1) is 14.1. The Kier molecular flexibility index (Phi) is 5.26. The summed E-state index contributed by atoms with van der Waals surface area (Å²) in [6.45, 7) is 1.77. The average Bonchev–Trinajstić information content (AvgIpc) is 2.29. The standard InChI is InChI=1S/C13H14NO3P/c1-3-8-12(9-4-2)16-18(14,15)17-13-10-6-5-7-11-13/h1,4-11H,2H3,(H2,14,15)/b9-4-,12-8+. The van der Waals surface area contributed by atoms with E-state index in [4.69, 9.17) is 21.0 Å². The second kappa shape index (κ2) is 6.70. The Bertz CT molecular complexity index is 529. The number of allylic oxidation sites excluding steroid dienone is 3. The maximum Gasteiger partial charge on any atom is 0.510 e. The van der Waals surface area contributed by atoms with Gasteiger partial charge >= 0.3 is 7.75 Å². The molecular formula is C13H14NO3P. The summed E-state index contributed by atoms with van der Waals surface area (Å²) >= 11 is 0. The molecular weight excluding hydrogens is 249 g/mol. The van der Waals surface area contributed by atoms with Gasteiger partial charge in [-0.1, -0.05) is 30.2 Å². The number of hydrogen-bond donors (Lipinski definition) is 1. The minimum Gasteiger partial charge on any atom is -0.405 e. The minimum atomic E-state index is -3.75. The van der Waals surface area contributed by atoms with Crippen LogP contribution in [-0.4, -0.2) is 0 Å². The third kappa shape index (κ3) is 4.92. The van der Waals surface area contributed by atoms with E-state index < -0.39 is 7.75 Å². The Hall–Kier alpha value is -1.95. The molecule has 0 saturated heterocycles. The van der Waals surface area contributed by atoms with Crippen LogP contribution in [-0.2, 0) is 9.09 Å². The molecule has 0 aliphatic heterocycles. The van der Waals surface area contributed by atoms with E-state index in [1.54, 1.807) is 49.4 Å². The number of terminal acetylenes is 1. The molecule has 2 N–H and O–H groups in total. The number of hydrogen-bond acceptors (Lipinski definition) is 3. The zero-order chi connectivity index (χ0) is 13.4. The van der Waals surface area contributed by atoms with E-state index >= 15 is 0 Å². The van der Waals surface area contributed by atoms with Crippen molar-refractivity contribution in [2.75, 3.05) is 0 Å². The zero-order valence-electron chi connectivity index (χ0n) is 9.95. The number of benzene rings is 1. The Balaban J connectivity index is 2.79. The SMILES string of the molecule is C#C/C=C(\C=C/C)OP(N)(=O)Oc1ccccc1. The van der Waals surface area contributed by atoms with Crippen molar-refractivity contribution >= 4 is 7.75 Å². The van der Waals surface area contributed by atoms with Crippen molar-refractivity contribution in [3.63, 3.8) is 0 Å². The van der Waals surface area contributed by atoms with Gasteiger partial charge < -0.3 is 9.05 Å². The van der Waals surface area contributed by atoms with E-state index in [2.05, 4.69) is 5.92 Å². The highest BCUT2D eigenvalue weighted by atomic mass is 31.2. The number of nitrogens with two attached hydrogens (primary N) is 1. The van der Waals surface area contributed by atoms with Crippen LogP contribution in [0.2, 0.25) is 0 Å². The lowest BCUT2D eigenvalue weighted by molar-refractivity contribution is 0.340. The summed E-state index contributed by atoms with van der Waals surface area (Å²) in [6, 6.07) is 8.53. The Morgan fingerprint density at radius 2 is 2.11 bits per heavy atom. The van der Waals surface area contributed by atoms with Crippen LogP contribution in [0.25, 0.3) is 0 Å². The van der Waals surface area contributed by atoms with Gasteiger partial charge in [0.25, 0.3) is 0 Å². The molecule has 0 spiro atoms. The molecule has 0 aromatic heterocycles. The van der Waals surface area contributed by atoms with E-state index in [9.17, 15) is 4.57 Å². The average molecular weight is 263 g/mol. The molecule has 4 nitrogen and oxygen atoms in total. The molecule has 18 heavy (non-hydrogen) atoms. The molecule has 0 aliphatic carbocycles. The van der Waals surface area contributed by atoms with Crippen LogP contribution in [0.3, 0.4) is 0 Å². The first-order valence-electron chi connectivity index (χ1n) is 5.19.